The van der Waals surface area contributed by atoms with Crippen molar-refractivity contribution in [3.8, 4) is 0 Å². The Bertz CT molecular complexity index is 262. The highest BCUT2D eigenvalue weighted by molar-refractivity contribution is 4.91. The van der Waals surface area contributed by atoms with Gasteiger partial charge in [0.15, 0.2) is 0 Å². The molecular formula is C17H31NO. The second kappa shape index (κ2) is 6.58. The molecular weight excluding hydrogens is 234 g/mol. The molecule has 0 bridgehead atoms. The summed E-state index contributed by atoms with van der Waals surface area (Å²) in [5.41, 5.74) is 0.193. The van der Waals surface area contributed by atoms with Gasteiger partial charge >= 0.3 is 0 Å². The lowest BCUT2D eigenvalue weighted by atomic mass is 9.83. The van der Waals surface area contributed by atoms with Gasteiger partial charge in [-0.1, -0.05) is 38.5 Å². The predicted molar refractivity (Wildman–Crippen MR) is 79.4 cm³/mol. The van der Waals surface area contributed by atoms with E-state index < -0.39 is 0 Å². The molecule has 0 amide bonds. The lowest BCUT2D eigenvalue weighted by Crippen LogP contribution is -2.46. The van der Waals surface area contributed by atoms with Crippen LogP contribution in [0.25, 0.3) is 0 Å². The standard InChI is InChI=1S/C17H31NO/c1-3-7-15(8-4-1)13-19-17(11-5-2-6-12-17)14-18-16-9-10-16/h15-16,18H,1-14H2. The molecule has 19 heavy (non-hydrogen) atoms. The number of rotatable bonds is 6. The Hall–Kier alpha value is -0.0800. The van der Waals surface area contributed by atoms with Gasteiger partial charge in [-0.3, -0.25) is 0 Å². The van der Waals surface area contributed by atoms with Crippen LogP contribution in [0.1, 0.15) is 77.0 Å². The van der Waals surface area contributed by atoms with E-state index >= 15 is 0 Å². The van der Waals surface area contributed by atoms with Crippen LogP contribution < -0.4 is 5.32 Å². The van der Waals surface area contributed by atoms with E-state index in [4.69, 9.17) is 4.74 Å². The molecule has 0 unspecified atom stereocenters. The highest BCUT2D eigenvalue weighted by Gasteiger charge is 2.35. The first-order valence-electron chi connectivity index (χ1n) is 8.74. The van der Waals surface area contributed by atoms with Crippen molar-refractivity contribution in [1.29, 1.82) is 0 Å². The molecule has 0 aromatic rings. The van der Waals surface area contributed by atoms with Crippen LogP contribution in [-0.4, -0.2) is 24.8 Å². The molecule has 3 rings (SSSR count). The van der Waals surface area contributed by atoms with Crippen molar-refractivity contribution < 1.29 is 4.74 Å². The summed E-state index contributed by atoms with van der Waals surface area (Å²) in [5.74, 6) is 0.855. The maximum atomic E-state index is 6.53. The van der Waals surface area contributed by atoms with Gasteiger partial charge in [-0.05, 0) is 44.4 Å². The third-order valence-corrected chi connectivity index (χ3v) is 5.41. The van der Waals surface area contributed by atoms with Gasteiger partial charge in [0.2, 0.25) is 0 Å². The van der Waals surface area contributed by atoms with E-state index in [0.717, 1.165) is 25.1 Å². The molecule has 0 radical (unpaired) electrons. The fraction of sp³-hybridized carbons (Fsp3) is 1.00. The first-order chi connectivity index (χ1) is 9.36. The van der Waals surface area contributed by atoms with Crippen LogP contribution in [0.2, 0.25) is 0 Å². The second-order valence-electron chi connectivity index (χ2n) is 7.21. The first-order valence-corrected chi connectivity index (χ1v) is 8.74. The molecule has 3 aliphatic carbocycles. The van der Waals surface area contributed by atoms with Crippen LogP contribution in [0.3, 0.4) is 0 Å². The minimum atomic E-state index is 0.193. The zero-order valence-electron chi connectivity index (χ0n) is 12.5. The smallest absolute Gasteiger partial charge is 0.0806 e. The third-order valence-electron chi connectivity index (χ3n) is 5.41. The molecule has 3 aliphatic rings. The fourth-order valence-corrected chi connectivity index (χ4v) is 3.83. The summed E-state index contributed by atoms with van der Waals surface area (Å²) in [6.45, 7) is 2.15. The van der Waals surface area contributed by atoms with E-state index in [0.29, 0.717) is 0 Å². The summed E-state index contributed by atoms with van der Waals surface area (Å²) in [5, 5.41) is 3.73. The molecule has 0 atom stereocenters. The van der Waals surface area contributed by atoms with E-state index in [1.54, 1.807) is 0 Å². The van der Waals surface area contributed by atoms with Crippen molar-refractivity contribution >= 4 is 0 Å². The van der Waals surface area contributed by atoms with Gasteiger partial charge in [-0.15, -0.1) is 0 Å². The van der Waals surface area contributed by atoms with Gasteiger partial charge in [0.1, 0.15) is 0 Å². The molecule has 0 aromatic heterocycles. The Kier molecular flexibility index (Phi) is 4.81. The van der Waals surface area contributed by atoms with Crippen LogP contribution in [0.4, 0.5) is 0 Å². The van der Waals surface area contributed by atoms with Crippen LogP contribution in [0.5, 0.6) is 0 Å². The fourth-order valence-electron chi connectivity index (χ4n) is 3.83. The zero-order chi connectivity index (χ0) is 13.0. The normalized spacial score (nSPS) is 28.4. The summed E-state index contributed by atoms with van der Waals surface area (Å²) in [7, 11) is 0. The van der Waals surface area contributed by atoms with Crippen molar-refractivity contribution in [3.05, 3.63) is 0 Å². The Morgan fingerprint density at radius 3 is 2.21 bits per heavy atom. The number of ether oxygens (including phenoxy) is 1. The summed E-state index contributed by atoms with van der Waals surface area (Å²) >= 11 is 0. The van der Waals surface area contributed by atoms with Gasteiger partial charge in [0.05, 0.1) is 12.2 Å². The van der Waals surface area contributed by atoms with Crippen LogP contribution in [0.15, 0.2) is 0 Å². The number of hydrogen-bond donors (Lipinski definition) is 1. The summed E-state index contributed by atoms with van der Waals surface area (Å²) in [6.07, 6.45) is 16.6. The lowest BCUT2D eigenvalue weighted by Gasteiger charge is -2.39. The molecule has 0 aliphatic heterocycles. The second-order valence-corrected chi connectivity index (χ2v) is 7.21. The molecule has 2 nitrogen and oxygen atoms in total. The Labute approximate surface area is 118 Å². The first kappa shape index (κ1) is 13.9. The molecule has 1 N–H and O–H groups in total. The highest BCUT2D eigenvalue weighted by atomic mass is 16.5. The molecule has 0 spiro atoms. The minimum Gasteiger partial charge on any atom is -0.373 e. The molecule has 0 saturated heterocycles. The summed E-state index contributed by atoms with van der Waals surface area (Å²) in [6, 6.07) is 0.817. The summed E-state index contributed by atoms with van der Waals surface area (Å²) in [4.78, 5) is 0. The summed E-state index contributed by atoms with van der Waals surface area (Å²) < 4.78 is 6.53. The molecule has 3 fully saturated rings. The molecule has 3 saturated carbocycles. The Morgan fingerprint density at radius 2 is 1.53 bits per heavy atom. The third kappa shape index (κ3) is 4.19. The van der Waals surface area contributed by atoms with Crippen molar-refractivity contribution in [2.75, 3.05) is 13.2 Å². The lowest BCUT2D eigenvalue weighted by molar-refractivity contribution is -0.0851. The molecule has 110 valence electrons. The van der Waals surface area contributed by atoms with E-state index in [-0.39, 0.29) is 5.60 Å². The van der Waals surface area contributed by atoms with Gasteiger partial charge in [0.25, 0.3) is 0 Å². The number of nitrogens with one attached hydrogen (secondary N) is 1. The van der Waals surface area contributed by atoms with E-state index in [1.807, 2.05) is 0 Å². The monoisotopic (exact) mass is 265 g/mol. The van der Waals surface area contributed by atoms with Gasteiger partial charge < -0.3 is 10.1 Å². The average molecular weight is 265 g/mol. The van der Waals surface area contributed by atoms with Crippen LogP contribution in [0, 0.1) is 5.92 Å². The molecule has 0 aromatic carbocycles. The van der Waals surface area contributed by atoms with Crippen LogP contribution in [-0.2, 0) is 4.74 Å². The Balaban J connectivity index is 1.48. The predicted octanol–water partition coefficient (Wildman–Crippen LogP) is 4.04. The minimum absolute atomic E-state index is 0.193. The van der Waals surface area contributed by atoms with Crippen molar-refractivity contribution in [1.82, 2.24) is 5.32 Å². The average Bonchev–Trinajstić information content (AvgIpc) is 3.30. The topological polar surface area (TPSA) is 21.3 Å². The number of hydrogen-bond acceptors (Lipinski definition) is 2. The van der Waals surface area contributed by atoms with Gasteiger partial charge in [0, 0.05) is 12.6 Å². The van der Waals surface area contributed by atoms with Gasteiger partial charge in [-0.25, -0.2) is 0 Å². The quantitative estimate of drug-likeness (QED) is 0.782. The van der Waals surface area contributed by atoms with Crippen molar-refractivity contribution in [3.63, 3.8) is 0 Å². The van der Waals surface area contributed by atoms with Crippen LogP contribution >= 0.6 is 0 Å². The zero-order valence-corrected chi connectivity index (χ0v) is 12.5. The van der Waals surface area contributed by atoms with E-state index in [9.17, 15) is 0 Å². The largest absolute Gasteiger partial charge is 0.373 e. The maximum absolute atomic E-state index is 6.53. The Morgan fingerprint density at radius 1 is 0.842 bits per heavy atom. The van der Waals surface area contributed by atoms with Crippen molar-refractivity contribution in [2.45, 2.75) is 88.7 Å². The molecule has 0 heterocycles. The highest BCUT2D eigenvalue weighted by Crippen LogP contribution is 2.34. The van der Waals surface area contributed by atoms with Crippen molar-refractivity contribution in [2.24, 2.45) is 5.92 Å². The van der Waals surface area contributed by atoms with E-state index in [2.05, 4.69) is 5.32 Å². The molecule has 2 heteroatoms. The maximum Gasteiger partial charge on any atom is 0.0806 e. The SMILES string of the molecule is C1CCC(COC2(CNC3CC3)CCCCC2)CC1. The van der Waals surface area contributed by atoms with Gasteiger partial charge in [-0.2, -0.15) is 0 Å². The van der Waals surface area contributed by atoms with E-state index in [1.165, 1.54) is 77.0 Å².